The predicted molar refractivity (Wildman–Crippen MR) is 159 cm³/mol. The zero-order valence-corrected chi connectivity index (χ0v) is 25.7. The average Bonchev–Trinajstić information content (AvgIpc) is 3.66. The second-order valence-electron chi connectivity index (χ2n) is 10.7. The first-order chi connectivity index (χ1) is 21.2. The van der Waals surface area contributed by atoms with Crippen LogP contribution in [0.4, 0.5) is 18.0 Å². The fourth-order valence-corrected chi connectivity index (χ4v) is 6.38. The number of imidazole rings is 1. The van der Waals surface area contributed by atoms with Crippen LogP contribution in [-0.2, 0) is 20.3 Å². The number of halogens is 3. The van der Waals surface area contributed by atoms with E-state index < -0.39 is 47.1 Å². The molecule has 1 unspecified atom stereocenters. The molecule has 4 rings (SSSR count). The number of methoxy groups -OCH3 is 1. The van der Waals surface area contributed by atoms with Crippen LogP contribution in [0, 0.1) is 5.92 Å². The molecule has 0 radical (unpaired) electrons. The lowest BCUT2D eigenvalue weighted by molar-refractivity contribution is -0.274. The van der Waals surface area contributed by atoms with Gasteiger partial charge in [-0.1, -0.05) is 45.0 Å². The van der Waals surface area contributed by atoms with Crippen molar-refractivity contribution in [3.63, 3.8) is 0 Å². The quantitative estimate of drug-likeness (QED) is 0.273. The Balaban J connectivity index is 1.62. The Kier molecular flexibility index (Phi) is 10.2. The molecule has 15 heteroatoms. The van der Waals surface area contributed by atoms with Gasteiger partial charge in [0.05, 0.1) is 35.9 Å². The van der Waals surface area contributed by atoms with E-state index in [1.807, 2.05) is 0 Å². The van der Waals surface area contributed by atoms with E-state index >= 15 is 0 Å². The molecule has 45 heavy (non-hydrogen) atoms. The number of carbonyl (C=O) groups is 3. The number of nitrogens with one attached hydrogen (secondary N) is 2. The minimum absolute atomic E-state index is 0.0459. The summed E-state index contributed by atoms with van der Waals surface area (Å²) in [6.07, 6.45) is -3.83. The predicted octanol–water partition coefficient (Wildman–Crippen LogP) is 5.13. The van der Waals surface area contributed by atoms with Gasteiger partial charge >= 0.3 is 18.4 Å². The average molecular weight is 651 g/mol. The maximum absolute atomic E-state index is 13.7. The molecule has 2 heterocycles. The second-order valence-corrected chi connectivity index (χ2v) is 12.7. The zero-order valence-electron chi connectivity index (χ0n) is 24.9. The van der Waals surface area contributed by atoms with Crippen molar-refractivity contribution in [1.29, 1.82) is 0 Å². The molecule has 3 aromatic rings. The molecule has 2 amide bonds. The van der Waals surface area contributed by atoms with Crippen LogP contribution in [0.25, 0.3) is 22.4 Å². The van der Waals surface area contributed by atoms with Crippen LogP contribution in [-0.4, -0.2) is 79.2 Å². The smallest absolute Gasteiger partial charge is 0.478 e. The Labute approximate surface area is 259 Å². The van der Waals surface area contributed by atoms with E-state index in [-0.39, 0.29) is 34.7 Å². The molecular weight excluding hydrogens is 617 g/mol. The SMILES string of the molecule is CCS(=O)[C@H]1C[C@@H](c2ncc(-c3ccc(-c4ccc(C(=O)O)cc4OC(F)(F)F)cc3)[nH]2)N(C(=O)[C@@H](NC(=O)OC)C(C)C)C1. The number of H-pyrrole nitrogens is 1. The van der Waals surface area contributed by atoms with E-state index in [9.17, 15) is 36.9 Å². The molecule has 4 atom stereocenters. The van der Waals surface area contributed by atoms with Crippen molar-refractivity contribution in [2.45, 2.75) is 50.9 Å². The number of aromatic carboxylic acids is 1. The highest BCUT2D eigenvalue weighted by Gasteiger charge is 2.43. The van der Waals surface area contributed by atoms with Crippen LogP contribution in [0.3, 0.4) is 0 Å². The molecule has 0 spiro atoms. The van der Waals surface area contributed by atoms with E-state index in [0.29, 0.717) is 34.8 Å². The number of ether oxygens (including phenoxy) is 2. The summed E-state index contributed by atoms with van der Waals surface area (Å²) in [6, 6.07) is 8.24. The number of alkyl carbamates (subject to hydrolysis) is 1. The maximum Gasteiger partial charge on any atom is 0.573 e. The summed E-state index contributed by atoms with van der Waals surface area (Å²) < 4.78 is 60.8. The van der Waals surface area contributed by atoms with E-state index in [2.05, 4.69) is 20.0 Å². The summed E-state index contributed by atoms with van der Waals surface area (Å²) in [7, 11) is 0.0119. The van der Waals surface area contributed by atoms with Gasteiger partial charge in [-0.25, -0.2) is 14.6 Å². The number of alkyl halides is 3. The van der Waals surface area contributed by atoms with Crippen LogP contribution in [0.2, 0.25) is 0 Å². The largest absolute Gasteiger partial charge is 0.573 e. The topological polar surface area (TPSA) is 151 Å². The Morgan fingerprint density at radius 2 is 1.82 bits per heavy atom. The first-order valence-electron chi connectivity index (χ1n) is 14.0. The summed E-state index contributed by atoms with van der Waals surface area (Å²) in [5.74, 6) is -1.80. The molecule has 3 N–H and O–H groups in total. The lowest BCUT2D eigenvalue weighted by Crippen LogP contribution is -2.51. The lowest BCUT2D eigenvalue weighted by Gasteiger charge is -2.30. The number of likely N-dealkylation sites (tertiary alicyclic amines) is 1. The van der Waals surface area contributed by atoms with Crippen LogP contribution in [0.1, 0.15) is 49.4 Å². The van der Waals surface area contributed by atoms with Gasteiger partial charge in [0.2, 0.25) is 5.91 Å². The van der Waals surface area contributed by atoms with Gasteiger partial charge < -0.3 is 29.8 Å². The number of carboxylic acid groups (broad SMARTS) is 1. The Hall–Kier alpha value is -4.40. The number of carbonyl (C=O) groups excluding carboxylic acids is 2. The van der Waals surface area contributed by atoms with Gasteiger partial charge in [0.1, 0.15) is 17.6 Å². The zero-order chi connectivity index (χ0) is 33.1. The summed E-state index contributed by atoms with van der Waals surface area (Å²) >= 11 is 0. The molecule has 1 aromatic heterocycles. The third-order valence-electron chi connectivity index (χ3n) is 7.47. The van der Waals surface area contributed by atoms with Crippen molar-refractivity contribution in [2.75, 3.05) is 19.4 Å². The van der Waals surface area contributed by atoms with E-state index in [1.165, 1.54) is 19.2 Å². The molecule has 242 valence electrons. The monoisotopic (exact) mass is 650 g/mol. The van der Waals surface area contributed by atoms with Crippen molar-refractivity contribution < 1.29 is 46.3 Å². The number of carboxylic acids is 1. The Morgan fingerprint density at radius 3 is 2.40 bits per heavy atom. The fraction of sp³-hybridized carbons (Fsp3) is 0.400. The molecule has 1 saturated heterocycles. The molecule has 0 aliphatic carbocycles. The molecular formula is C30H33F3N4O7S. The maximum atomic E-state index is 13.7. The third kappa shape index (κ3) is 7.82. The number of rotatable bonds is 10. The van der Waals surface area contributed by atoms with Gasteiger partial charge in [0.25, 0.3) is 0 Å². The number of benzene rings is 2. The van der Waals surface area contributed by atoms with Gasteiger partial charge in [-0.3, -0.25) is 9.00 Å². The van der Waals surface area contributed by atoms with Crippen molar-refractivity contribution in [1.82, 2.24) is 20.2 Å². The van der Waals surface area contributed by atoms with Crippen LogP contribution in [0.15, 0.2) is 48.7 Å². The molecule has 11 nitrogen and oxygen atoms in total. The molecule has 1 aliphatic rings. The minimum Gasteiger partial charge on any atom is -0.478 e. The number of hydrogen-bond acceptors (Lipinski definition) is 7. The van der Waals surface area contributed by atoms with Crippen LogP contribution in [0.5, 0.6) is 5.75 Å². The van der Waals surface area contributed by atoms with Crippen molar-refractivity contribution in [3.8, 4) is 28.1 Å². The number of nitrogens with zero attached hydrogens (tertiary/aromatic N) is 2. The minimum atomic E-state index is -5.03. The van der Waals surface area contributed by atoms with Gasteiger partial charge in [-0.05, 0) is 41.7 Å². The van der Waals surface area contributed by atoms with E-state index in [0.717, 1.165) is 6.07 Å². The molecule has 2 aromatic carbocycles. The van der Waals surface area contributed by atoms with Gasteiger partial charge in [0.15, 0.2) is 0 Å². The summed E-state index contributed by atoms with van der Waals surface area (Å²) in [5, 5.41) is 11.5. The standard InChI is InChI=1S/C30H33F3N4O7S/c1-5-45(42)20-13-23(37(15-20)27(38)25(16(2)3)36-29(41)43-4)26-34-14-22(35-26)18-8-6-17(7-9-18)21-11-10-19(28(39)40)12-24(21)44-30(31,32)33/h6-12,14,16,20,23,25H,5,13,15H2,1-4H3,(H,34,35)(H,36,41)(H,39,40)/t20-,23-,25-,45?/m0/s1. The molecule has 1 aliphatic heterocycles. The lowest BCUT2D eigenvalue weighted by atomic mass is 10.0. The second kappa shape index (κ2) is 13.7. The highest BCUT2D eigenvalue weighted by atomic mass is 32.2. The van der Waals surface area contributed by atoms with Gasteiger partial charge in [0, 0.05) is 28.7 Å². The summed E-state index contributed by atoms with van der Waals surface area (Å²) in [5.41, 5.74) is 1.24. The summed E-state index contributed by atoms with van der Waals surface area (Å²) in [6.45, 7) is 5.60. The summed E-state index contributed by atoms with van der Waals surface area (Å²) in [4.78, 5) is 46.3. The van der Waals surface area contributed by atoms with Crippen molar-refractivity contribution in [2.24, 2.45) is 5.92 Å². The highest BCUT2D eigenvalue weighted by Crippen LogP contribution is 2.37. The Bertz CT molecular complexity index is 1580. The van der Waals surface area contributed by atoms with Crippen LogP contribution < -0.4 is 10.1 Å². The number of hydrogen-bond donors (Lipinski definition) is 3. The number of aromatic amines is 1. The Morgan fingerprint density at radius 1 is 1.16 bits per heavy atom. The molecule has 0 saturated carbocycles. The number of aromatic nitrogens is 2. The van der Waals surface area contributed by atoms with E-state index in [4.69, 9.17) is 4.74 Å². The normalized spacial score (nSPS) is 18.0. The first kappa shape index (κ1) is 33.5. The van der Waals surface area contributed by atoms with Gasteiger partial charge in [-0.2, -0.15) is 0 Å². The van der Waals surface area contributed by atoms with Crippen molar-refractivity contribution >= 4 is 28.8 Å². The molecule has 0 bridgehead atoms. The highest BCUT2D eigenvalue weighted by molar-refractivity contribution is 7.85. The van der Waals surface area contributed by atoms with Crippen molar-refractivity contribution in [3.05, 3.63) is 60.0 Å². The first-order valence-corrected chi connectivity index (χ1v) is 15.4. The van der Waals surface area contributed by atoms with Crippen LogP contribution >= 0.6 is 0 Å². The van der Waals surface area contributed by atoms with E-state index in [1.54, 1.807) is 56.1 Å². The van der Waals surface area contributed by atoms with Gasteiger partial charge in [-0.15, -0.1) is 13.2 Å². The third-order valence-corrected chi connectivity index (χ3v) is 9.12. The number of amides is 2. The molecule has 1 fully saturated rings. The fourth-order valence-electron chi connectivity index (χ4n) is 5.19.